The minimum absolute atomic E-state index is 0.403. The molecule has 0 radical (unpaired) electrons. The summed E-state index contributed by atoms with van der Waals surface area (Å²) in [4.78, 5) is 14.6. The van der Waals surface area contributed by atoms with Crippen LogP contribution in [-0.2, 0) is 0 Å². The van der Waals surface area contributed by atoms with Crippen LogP contribution >= 0.6 is 11.3 Å². The number of thiophene rings is 1. The Kier molecular flexibility index (Phi) is 4.02. The highest BCUT2D eigenvalue weighted by molar-refractivity contribution is 7.16. The highest BCUT2D eigenvalue weighted by atomic mass is 32.1. The van der Waals surface area contributed by atoms with Crippen molar-refractivity contribution in [3.05, 3.63) is 35.6 Å². The summed E-state index contributed by atoms with van der Waals surface area (Å²) in [6.07, 6.45) is 3.96. The normalized spacial score (nSPS) is 18.1. The molecule has 1 aliphatic heterocycles. The molecule has 1 saturated heterocycles. The van der Waals surface area contributed by atoms with Crippen molar-refractivity contribution in [2.45, 2.75) is 25.8 Å². The number of hydrogen-bond acceptors (Lipinski definition) is 7. The molecule has 124 valence electrons. The van der Waals surface area contributed by atoms with E-state index in [1.165, 1.54) is 0 Å². The van der Waals surface area contributed by atoms with E-state index in [0.717, 1.165) is 53.5 Å². The van der Waals surface area contributed by atoms with Crippen molar-refractivity contribution in [2.75, 3.05) is 29.9 Å². The highest BCUT2D eigenvalue weighted by Gasteiger charge is 2.26. The number of likely N-dealkylation sites (N-methyl/N-ethyl adjacent to an activating group) is 1. The second kappa shape index (κ2) is 6.32. The van der Waals surface area contributed by atoms with Gasteiger partial charge in [-0.2, -0.15) is 5.10 Å². The van der Waals surface area contributed by atoms with Crippen LogP contribution in [-0.4, -0.2) is 46.3 Å². The van der Waals surface area contributed by atoms with E-state index >= 15 is 0 Å². The molecule has 24 heavy (non-hydrogen) atoms. The lowest BCUT2D eigenvalue weighted by Crippen LogP contribution is -2.47. The molecule has 1 atom stereocenters. The largest absolute Gasteiger partial charge is 0.354 e. The Hall–Kier alpha value is -2.28. The van der Waals surface area contributed by atoms with Crippen molar-refractivity contribution in [1.82, 2.24) is 20.2 Å². The van der Waals surface area contributed by atoms with E-state index in [-0.39, 0.29) is 0 Å². The van der Waals surface area contributed by atoms with Crippen LogP contribution in [0.25, 0.3) is 10.2 Å². The zero-order valence-corrected chi connectivity index (χ0v) is 14.7. The Labute approximate surface area is 145 Å². The number of hydrogen-bond donors (Lipinski definition) is 0. The molecule has 0 bridgehead atoms. The second-order valence-corrected chi connectivity index (χ2v) is 7.12. The summed E-state index contributed by atoms with van der Waals surface area (Å²) >= 11 is 1.66. The Balaban J connectivity index is 1.57. The molecule has 1 fully saturated rings. The van der Waals surface area contributed by atoms with Gasteiger partial charge in [0.1, 0.15) is 17.0 Å². The van der Waals surface area contributed by atoms with Crippen LogP contribution in [0.4, 0.5) is 11.6 Å². The molecule has 4 rings (SSSR count). The molecule has 3 aromatic heterocycles. The smallest absolute Gasteiger partial charge is 0.151 e. The number of aryl methyl sites for hydroxylation is 1. The van der Waals surface area contributed by atoms with Crippen molar-refractivity contribution in [2.24, 2.45) is 0 Å². The summed E-state index contributed by atoms with van der Waals surface area (Å²) in [5.74, 6) is 1.98. The molecule has 1 aliphatic rings. The number of fused-ring (bicyclic) bond motifs is 1. The van der Waals surface area contributed by atoms with E-state index in [1.54, 1.807) is 17.7 Å². The van der Waals surface area contributed by atoms with Gasteiger partial charge in [-0.3, -0.25) is 0 Å². The van der Waals surface area contributed by atoms with Gasteiger partial charge >= 0.3 is 0 Å². The first kappa shape index (κ1) is 15.3. The van der Waals surface area contributed by atoms with Crippen molar-refractivity contribution in [3.63, 3.8) is 0 Å². The molecule has 0 aromatic carbocycles. The number of piperidine rings is 1. The van der Waals surface area contributed by atoms with Crippen molar-refractivity contribution < 1.29 is 0 Å². The number of aromatic nitrogens is 4. The van der Waals surface area contributed by atoms with Crippen LogP contribution in [0.3, 0.4) is 0 Å². The van der Waals surface area contributed by atoms with Crippen LogP contribution < -0.4 is 9.80 Å². The maximum atomic E-state index is 4.54. The van der Waals surface area contributed by atoms with Gasteiger partial charge in [0, 0.05) is 26.2 Å². The molecule has 1 unspecified atom stereocenters. The first-order chi connectivity index (χ1) is 11.7. The molecule has 0 spiro atoms. The first-order valence-electron chi connectivity index (χ1n) is 8.18. The molecular formula is C17H20N6S. The number of anilines is 2. The lowest BCUT2D eigenvalue weighted by molar-refractivity contribution is 0.483. The summed E-state index contributed by atoms with van der Waals surface area (Å²) in [6.45, 7) is 3.92. The molecule has 7 heteroatoms. The zero-order valence-electron chi connectivity index (χ0n) is 13.9. The lowest BCUT2D eigenvalue weighted by Gasteiger charge is -2.38. The van der Waals surface area contributed by atoms with Gasteiger partial charge in [-0.25, -0.2) is 9.97 Å². The van der Waals surface area contributed by atoms with Crippen LogP contribution in [0.2, 0.25) is 0 Å². The van der Waals surface area contributed by atoms with E-state index in [9.17, 15) is 0 Å². The van der Waals surface area contributed by atoms with Gasteiger partial charge in [0.2, 0.25) is 0 Å². The summed E-state index contributed by atoms with van der Waals surface area (Å²) in [7, 11) is 2.13. The fourth-order valence-electron chi connectivity index (χ4n) is 3.27. The molecule has 3 aromatic rings. The third-order valence-corrected chi connectivity index (χ3v) is 5.45. The van der Waals surface area contributed by atoms with Gasteiger partial charge in [0.05, 0.1) is 11.1 Å². The molecular weight excluding hydrogens is 320 g/mol. The molecule has 0 saturated carbocycles. The topological polar surface area (TPSA) is 58.0 Å². The maximum Gasteiger partial charge on any atom is 0.151 e. The zero-order chi connectivity index (χ0) is 16.5. The second-order valence-electron chi connectivity index (χ2n) is 6.22. The third kappa shape index (κ3) is 2.80. The lowest BCUT2D eigenvalue weighted by atomic mass is 10.0. The molecule has 0 N–H and O–H groups in total. The van der Waals surface area contributed by atoms with Crippen LogP contribution in [0.5, 0.6) is 0 Å². The van der Waals surface area contributed by atoms with Gasteiger partial charge in [0.25, 0.3) is 0 Å². The first-order valence-corrected chi connectivity index (χ1v) is 9.06. The van der Waals surface area contributed by atoms with Crippen LogP contribution in [0, 0.1) is 6.92 Å². The quantitative estimate of drug-likeness (QED) is 0.731. The standard InChI is InChI=1S/C17H20N6S/c1-12-5-6-15(21-20-12)23-8-3-4-13(10-23)22(2)16-14-7-9-24-17(14)19-11-18-16/h5-7,9,11,13H,3-4,8,10H2,1-2H3. The average molecular weight is 340 g/mol. The highest BCUT2D eigenvalue weighted by Crippen LogP contribution is 2.29. The molecule has 0 amide bonds. The van der Waals surface area contributed by atoms with Gasteiger partial charge in [0.15, 0.2) is 5.82 Å². The van der Waals surface area contributed by atoms with Gasteiger partial charge in [-0.1, -0.05) is 0 Å². The summed E-state index contributed by atoms with van der Waals surface area (Å²) in [6, 6.07) is 6.60. The van der Waals surface area contributed by atoms with Crippen molar-refractivity contribution in [1.29, 1.82) is 0 Å². The Morgan fingerprint density at radius 1 is 1.21 bits per heavy atom. The Morgan fingerprint density at radius 3 is 2.96 bits per heavy atom. The van der Waals surface area contributed by atoms with Crippen molar-refractivity contribution in [3.8, 4) is 0 Å². The minimum Gasteiger partial charge on any atom is -0.354 e. The minimum atomic E-state index is 0.403. The SMILES string of the molecule is Cc1ccc(N2CCCC(N(C)c3ncnc4sccc34)C2)nn1. The molecule has 0 aliphatic carbocycles. The van der Waals surface area contributed by atoms with Crippen molar-refractivity contribution >= 4 is 33.2 Å². The van der Waals surface area contributed by atoms with Gasteiger partial charge in [-0.15, -0.1) is 16.4 Å². The maximum absolute atomic E-state index is 4.54. The predicted molar refractivity (Wildman–Crippen MR) is 97.8 cm³/mol. The summed E-state index contributed by atoms with van der Waals surface area (Å²) in [5.41, 5.74) is 0.949. The number of nitrogens with zero attached hydrogens (tertiary/aromatic N) is 6. The van der Waals surface area contributed by atoms with Crippen LogP contribution in [0.15, 0.2) is 29.9 Å². The van der Waals surface area contributed by atoms with Gasteiger partial charge < -0.3 is 9.80 Å². The molecule has 6 nitrogen and oxygen atoms in total. The Bertz CT molecular complexity index is 830. The summed E-state index contributed by atoms with van der Waals surface area (Å²) < 4.78 is 0. The van der Waals surface area contributed by atoms with Gasteiger partial charge in [-0.05, 0) is 43.3 Å². The Morgan fingerprint density at radius 2 is 2.12 bits per heavy atom. The van der Waals surface area contributed by atoms with E-state index in [1.807, 2.05) is 13.0 Å². The van der Waals surface area contributed by atoms with E-state index in [0.29, 0.717) is 6.04 Å². The van der Waals surface area contributed by atoms with E-state index in [2.05, 4.69) is 54.5 Å². The average Bonchev–Trinajstić information content (AvgIpc) is 3.10. The van der Waals surface area contributed by atoms with Crippen LogP contribution in [0.1, 0.15) is 18.5 Å². The number of rotatable bonds is 3. The fraction of sp³-hybridized carbons (Fsp3) is 0.412. The summed E-state index contributed by atoms with van der Waals surface area (Å²) in [5, 5.41) is 11.7. The van der Waals surface area contributed by atoms with E-state index < -0.39 is 0 Å². The predicted octanol–water partition coefficient (Wildman–Crippen LogP) is 2.89. The van der Waals surface area contributed by atoms with E-state index in [4.69, 9.17) is 0 Å². The fourth-order valence-corrected chi connectivity index (χ4v) is 4.00. The third-order valence-electron chi connectivity index (χ3n) is 4.63. The monoisotopic (exact) mass is 340 g/mol. The molecule has 4 heterocycles.